The van der Waals surface area contributed by atoms with Crippen LogP contribution in [0.25, 0.3) is 0 Å². The number of methoxy groups -OCH3 is 1. The summed E-state index contributed by atoms with van der Waals surface area (Å²) in [5, 5.41) is 0. The summed E-state index contributed by atoms with van der Waals surface area (Å²) in [7, 11) is 1.37. The monoisotopic (exact) mass is 719 g/mol. The van der Waals surface area contributed by atoms with Gasteiger partial charge in [0, 0.05) is 29.7 Å². The molecular weight excluding hydrogens is 659 g/mol. The van der Waals surface area contributed by atoms with Gasteiger partial charge in [-0.3, -0.25) is 9.59 Å². The van der Waals surface area contributed by atoms with Crippen molar-refractivity contribution < 1.29 is 33.3 Å². The van der Waals surface area contributed by atoms with Gasteiger partial charge in [-0.1, -0.05) is 37.5 Å². The number of rotatable bonds is 11. The molecule has 0 radical (unpaired) electrons. The smallest absolute Gasteiger partial charge is 0.346 e. The van der Waals surface area contributed by atoms with E-state index >= 15 is 0 Å². The van der Waals surface area contributed by atoms with Crippen LogP contribution < -0.4 is 0 Å². The van der Waals surface area contributed by atoms with Crippen molar-refractivity contribution >= 4 is 42.2 Å². The van der Waals surface area contributed by atoms with Gasteiger partial charge in [0.15, 0.2) is 0 Å². The molecule has 4 aliphatic rings. The molecule has 8 nitrogen and oxygen atoms in total. The molecule has 1 saturated heterocycles. The number of ether oxygens (including phenoxy) is 4. The Kier molecular flexibility index (Phi) is 14.9. The molecule has 0 aromatic rings. The molecule has 0 aromatic heterocycles. The van der Waals surface area contributed by atoms with Crippen molar-refractivity contribution in [1.29, 1.82) is 0 Å². The van der Waals surface area contributed by atoms with E-state index in [1.54, 1.807) is 0 Å². The third kappa shape index (κ3) is 11.7. The van der Waals surface area contributed by atoms with Crippen molar-refractivity contribution in [2.45, 2.75) is 147 Å². The molecule has 4 fully saturated rings. The van der Waals surface area contributed by atoms with Crippen molar-refractivity contribution in [3.8, 4) is 11.8 Å². The normalized spacial score (nSPS) is 31.8. The van der Waals surface area contributed by atoms with Crippen LogP contribution in [0, 0.1) is 40.9 Å². The van der Waals surface area contributed by atoms with Crippen molar-refractivity contribution in [3.05, 3.63) is 10.6 Å². The van der Waals surface area contributed by atoms with E-state index in [-0.39, 0.29) is 41.3 Å². The quantitative estimate of drug-likeness (QED) is 0.0757. The fourth-order valence-electron chi connectivity index (χ4n) is 7.59. The molecule has 3 saturated carbocycles. The average molecular weight is 720 g/mol. The number of allylic oxidation sites excluding steroid dienone is 1. The van der Waals surface area contributed by atoms with Gasteiger partial charge in [0.1, 0.15) is 15.1 Å². The molecule has 0 aromatic carbocycles. The number of thioether (sulfide) groups is 1. The zero-order valence-corrected chi connectivity index (χ0v) is 32.7. The van der Waals surface area contributed by atoms with Gasteiger partial charge in [-0.25, -0.2) is 4.79 Å². The Bertz CT molecular complexity index is 1220. The molecular formula is C39H61NO7S2. The number of carbonyl (C=O) groups excluding carboxylic acids is 3. The number of esters is 2. The minimum absolute atomic E-state index is 0.00372. The lowest BCUT2D eigenvalue weighted by Crippen LogP contribution is -2.51. The van der Waals surface area contributed by atoms with Gasteiger partial charge in [0.05, 0.1) is 32.3 Å². The number of thiol groups is 1. The predicted octanol–water partition coefficient (Wildman–Crippen LogP) is 7.94. The Balaban J connectivity index is 1.61. The third-order valence-corrected chi connectivity index (χ3v) is 12.3. The van der Waals surface area contributed by atoms with Gasteiger partial charge >= 0.3 is 11.9 Å². The first kappa shape index (κ1) is 40.1. The van der Waals surface area contributed by atoms with Gasteiger partial charge in [0.2, 0.25) is 5.91 Å². The van der Waals surface area contributed by atoms with Crippen molar-refractivity contribution in [2.24, 2.45) is 29.1 Å². The number of hydrogen-bond donors (Lipinski definition) is 1. The van der Waals surface area contributed by atoms with Crippen LogP contribution in [0.3, 0.4) is 0 Å². The summed E-state index contributed by atoms with van der Waals surface area (Å²) < 4.78 is 23.2. The molecule has 3 aliphatic carbocycles. The van der Waals surface area contributed by atoms with Crippen molar-refractivity contribution in [3.63, 3.8) is 0 Å². The minimum Gasteiger partial charge on any atom is -0.465 e. The maximum absolute atomic E-state index is 14.5. The highest BCUT2D eigenvalue weighted by Crippen LogP contribution is 2.41. The first-order chi connectivity index (χ1) is 23.2. The van der Waals surface area contributed by atoms with E-state index < -0.39 is 16.2 Å². The van der Waals surface area contributed by atoms with E-state index in [1.807, 2.05) is 32.6 Å². The summed E-state index contributed by atoms with van der Waals surface area (Å²) in [5.74, 6) is 6.88. The van der Waals surface area contributed by atoms with Crippen LogP contribution in [-0.2, 0) is 33.3 Å². The summed E-state index contributed by atoms with van der Waals surface area (Å²) >= 11 is 5.93. The predicted molar refractivity (Wildman–Crippen MR) is 198 cm³/mol. The second kappa shape index (κ2) is 18.2. The number of amides is 1. The second-order valence-electron chi connectivity index (χ2n) is 16.1. The van der Waals surface area contributed by atoms with Crippen LogP contribution in [0.2, 0.25) is 0 Å². The maximum Gasteiger partial charge on any atom is 0.346 e. The summed E-state index contributed by atoms with van der Waals surface area (Å²) in [4.78, 5) is 43.7. The largest absolute Gasteiger partial charge is 0.465 e. The fraction of sp³-hybridized carbons (Fsp3) is 0.821. The molecule has 276 valence electrons. The Labute approximate surface area is 305 Å². The Morgan fingerprint density at radius 1 is 0.939 bits per heavy atom. The lowest BCUT2D eigenvalue weighted by molar-refractivity contribution is -0.183. The van der Waals surface area contributed by atoms with Crippen molar-refractivity contribution in [2.75, 3.05) is 26.9 Å². The van der Waals surface area contributed by atoms with Gasteiger partial charge in [-0.2, -0.15) is 12.6 Å². The standard InChI is InChI=1S/C39H61NO7S2/c1-26-8-12-29(13-9-26)35(41)40(28(3)34(37(43)44-7)49-33(48)18-20-38(4,5)6)31-16-21-39(22-17-31,25-46-32-19-23-45-24-32)47-36(42)30-14-10-27(2)11-15-30/h26-27,29-33,48H,8-17,19,21-25H2,1-7H3. The maximum atomic E-state index is 14.5. The number of carbonyl (C=O) groups is 3. The molecule has 1 heterocycles. The average Bonchev–Trinajstić information content (AvgIpc) is 3.60. The van der Waals surface area contributed by atoms with E-state index in [4.69, 9.17) is 31.6 Å². The molecule has 4 rings (SSSR count). The molecule has 0 bridgehead atoms. The second-order valence-corrected chi connectivity index (χ2v) is 18.1. The Morgan fingerprint density at radius 3 is 2.06 bits per heavy atom. The minimum atomic E-state index is -0.759. The van der Waals surface area contributed by atoms with Gasteiger partial charge in [-0.05, 0) is 123 Å². The molecule has 2 atom stereocenters. The lowest BCUT2D eigenvalue weighted by Gasteiger charge is -2.45. The third-order valence-electron chi connectivity index (χ3n) is 10.8. The van der Waals surface area contributed by atoms with Crippen LogP contribution >= 0.6 is 24.4 Å². The van der Waals surface area contributed by atoms with Gasteiger partial charge in [0.25, 0.3) is 0 Å². The molecule has 0 N–H and O–H groups in total. The van der Waals surface area contributed by atoms with E-state index in [2.05, 4.69) is 25.7 Å². The number of nitrogens with zero attached hydrogens (tertiary/aromatic N) is 1. The molecule has 1 aliphatic heterocycles. The molecule has 49 heavy (non-hydrogen) atoms. The first-order valence-corrected chi connectivity index (χ1v) is 20.0. The Morgan fingerprint density at radius 2 is 1.53 bits per heavy atom. The van der Waals surface area contributed by atoms with Gasteiger partial charge in [-0.15, -0.1) is 0 Å². The highest BCUT2D eigenvalue weighted by molar-refractivity contribution is 8.13. The molecule has 2 unspecified atom stereocenters. The lowest BCUT2D eigenvalue weighted by atomic mass is 9.79. The SMILES string of the molecule is COC(=O)C(SC(S)C#CC(C)(C)C)=C(C)N(C(=O)C1CCC(C)CC1)C1CCC(COC2CCOC2)(OC(=O)C2CCC(C)CC2)CC1. The molecule has 1 amide bonds. The van der Waals surface area contributed by atoms with Crippen LogP contribution in [0.1, 0.15) is 125 Å². The van der Waals surface area contributed by atoms with Crippen molar-refractivity contribution in [1.82, 2.24) is 4.90 Å². The molecule has 10 heteroatoms. The fourth-order valence-corrected chi connectivity index (χ4v) is 8.76. The number of hydrogen-bond acceptors (Lipinski definition) is 9. The summed E-state index contributed by atoms with van der Waals surface area (Å²) in [6.45, 7) is 14.0. The Hall–Kier alpha value is -1.67. The van der Waals surface area contributed by atoms with Crippen LogP contribution in [-0.4, -0.2) is 72.0 Å². The highest BCUT2D eigenvalue weighted by atomic mass is 32.2. The summed E-state index contributed by atoms with van der Waals surface area (Å²) in [5.41, 5.74) is -0.388. The van der Waals surface area contributed by atoms with Crippen LogP contribution in [0.4, 0.5) is 0 Å². The summed E-state index contributed by atoms with van der Waals surface area (Å²) in [6.07, 6.45) is 10.7. The topological polar surface area (TPSA) is 91.4 Å². The van der Waals surface area contributed by atoms with E-state index in [0.717, 1.165) is 57.8 Å². The van der Waals surface area contributed by atoms with Gasteiger partial charge < -0.3 is 23.8 Å². The zero-order valence-electron chi connectivity index (χ0n) is 31.0. The van der Waals surface area contributed by atoms with E-state index in [1.165, 1.54) is 18.9 Å². The molecule has 0 spiro atoms. The van der Waals surface area contributed by atoms with Crippen LogP contribution in [0.15, 0.2) is 10.6 Å². The van der Waals surface area contributed by atoms with E-state index in [0.29, 0.717) is 67.9 Å². The van der Waals surface area contributed by atoms with E-state index in [9.17, 15) is 14.4 Å². The summed E-state index contributed by atoms with van der Waals surface area (Å²) in [6, 6.07) is -0.164. The van der Waals surface area contributed by atoms with Crippen LogP contribution in [0.5, 0.6) is 0 Å². The highest BCUT2D eigenvalue weighted by Gasteiger charge is 2.45. The first-order valence-electron chi connectivity index (χ1n) is 18.6. The zero-order chi connectivity index (χ0) is 35.8.